The van der Waals surface area contributed by atoms with Gasteiger partial charge in [0, 0.05) is 18.0 Å². The van der Waals surface area contributed by atoms with Crippen molar-refractivity contribution in [2.45, 2.75) is 26.4 Å². The predicted octanol–water partition coefficient (Wildman–Crippen LogP) is 2.37. The van der Waals surface area contributed by atoms with E-state index in [1.807, 2.05) is 32.9 Å². The minimum atomic E-state index is -0.433. The summed E-state index contributed by atoms with van der Waals surface area (Å²) < 4.78 is 5.10. The van der Waals surface area contributed by atoms with Gasteiger partial charge < -0.3 is 9.72 Å². The Hall–Kier alpha value is -1.51. The van der Waals surface area contributed by atoms with Gasteiger partial charge in [0.25, 0.3) is 0 Å². The van der Waals surface area contributed by atoms with Gasteiger partial charge in [-0.25, -0.2) is 4.79 Å². The van der Waals surface area contributed by atoms with Crippen LogP contribution in [0.5, 0.6) is 0 Å². The quantitative estimate of drug-likeness (QED) is 0.578. The van der Waals surface area contributed by atoms with Crippen LogP contribution in [0.25, 0.3) is 6.08 Å². The van der Waals surface area contributed by atoms with Gasteiger partial charge >= 0.3 is 5.97 Å². The van der Waals surface area contributed by atoms with Crippen LogP contribution >= 0.6 is 0 Å². The molecule has 0 bridgehead atoms. The molecule has 0 atom stereocenters. The number of carbonyl (C=O) groups is 1. The van der Waals surface area contributed by atoms with E-state index in [1.165, 1.54) is 6.08 Å². The van der Waals surface area contributed by atoms with Gasteiger partial charge in [-0.3, -0.25) is 0 Å². The van der Waals surface area contributed by atoms with Gasteiger partial charge in [-0.15, -0.1) is 0 Å². The molecule has 76 valence electrons. The normalized spacial score (nSPS) is 11.9. The molecule has 0 aromatic carbocycles. The van der Waals surface area contributed by atoms with Crippen LogP contribution in [0.15, 0.2) is 24.4 Å². The number of ether oxygens (including phenoxy) is 1. The molecule has 0 unspecified atom stereocenters. The Morgan fingerprint density at radius 3 is 2.71 bits per heavy atom. The molecule has 1 aromatic rings. The van der Waals surface area contributed by atoms with E-state index in [4.69, 9.17) is 4.74 Å². The molecule has 0 saturated heterocycles. The molecule has 1 N–H and O–H groups in total. The summed E-state index contributed by atoms with van der Waals surface area (Å²) in [5.41, 5.74) is 0.452. The van der Waals surface area contributed by atoms with Crippen LogP contribution < -0.4 is 0 Å². The molecule has 14 heavy (non-hydrogen) atoms. The second-order valence-electron chi connectivity index (χ2n) is 3.99. The molecular weight excluding hydrogens is 178 g/mol. The Labute approximate surface area is 83.8 Å². The maximum atomic E-state index is 11.2. The first-order chi connectivity index (χ1) is 6.47. The third-order valence-electron chi connectivity index (χ3n) is 1.43. The fraction of sp³-hybridized carbons (Fsp3) is 0.364. The summed E-state index contributed by atoms with van der Waals surface area (Å²) in [6.45, 7) is 5.52. The van der Waals surface area contributed by atoms with E-state index in [0.29, 0.717) is 0 Å². The number of H-pyrrole nitrogens is 1. The zero-order chi connectivity index (χ0) is 10.6. The number of aromatic amines is 1. The third kappa shape index (κ3) is 3.94. The Balaban J connectivity index is 2.49. The molecule has 0 spiro atoms. The van der Waals surface area contributed by atoms with Crippen molar-refractivity contribution in [3.05, 3.63) is 30.1 Å². The Kier molecular flexibility index (Phi) is 3.12. The second-order valence-corrected chi connectivity index (χ2v) is 3.99. The molecule has 0 aliphatic rings. The van der Waals surface area contributed by atoms with Crippen LogP contribution in [0.1, 0.15) is 26.5 Å². The van der Waals surface area contributed by atoms with E-state index in [0.717, 1.165) is 5.69 Å². The van der Waals surface area contributed by atoms with Gasteiger partial charge in [0.1, 0.15) is 5.60 Å². The summed E-state index contributed by atoms with van der Waals surface area (Å²) in [4.78, 5) is 14.2. The summed E-state index contributed by atoms with van der Waals surface area (Å²) in [5.74, 6) is -0.327. The molecule has 0 saturated carbocycles. The fourth-order valence-corrected chi connectivity index (χ4v) is 0.942. The summed E-state index contributed by atoms with van der Waals surface area (Å²) in [5, 5.41) is 0. The summed E-state index contributed by atoms with van der Waals surface area (Å²) in [7, 11) is 0. The average molecular weight is 193 g/mol. The lowest BCUT2D eigenvalue weighted by atomic mass is 10.2. The number of esters is 1. The lowest BCUT2D eigenvalue weighted by molar-refractivity contribution is -0.148. The molecule has 0 fully saturated rings. The zero-order valence-corrected chi connectivity index (χ0v) is 8.70. The highest BCUT2D eigenvalue weighted by Gasteiger charge is 2.13. The van der Waals surface area contributed by atoms with Crippen molar-refractivity contribution in [1.29, 1.82) is 0 Å². The SMILES string of the molecule is CC(C)(C)OC(=O)/C=C\c1ccc[nH]1. The zero-order valence-electron chi connectivity index (χ0n) is 8.70. The van der Waals surface area contributed by atoms with Crippen molar-refractivity contribution in [3.63, 3.8) is 0 Å². The van der Waals surface area contributed by atoms with Crippen LogP contribution in [0.4, 0.5) is 0 Å². The van der Waals surface area contributed by atoms with E-state index in [1.54, 1.807) is 12.3 Å². The minimum absolute atomic E-state index is 0.327. The van der Waals surface area contributed by atoms with Crippen molar-refractivity contribution >= 4 is 12.0 Å². The number of hydrogen-bond donors (Lipinski definition) is 1. The molecule has 3 heteroatoms. The molecule has 0 aliphatic carbocycles. The lowest BCUT2D eigenvalue weighted by Crippen LogP contribution is -2.22. The number of hydrogen-bond acceptors (Lipinski definition) is 2. The van der Waals surface area contributed by atoms with Crippen molar-refractivity contribution in [2.75, 3.05) is 0 Å². The number of nitrogens with one attached hydrogen (secondary N) is 1. The predicted molar refractivity (Wildman–Crippen MR) is 55.7 cm³/mol. The van der Waals surface area contributed by atoms with Crippen LogP contribution in [-0.2, 0) is 9.53 Å². The van der Waals surface area contributed by atoms with E-state index in [2.05, 4.69) is 4.98 Å². The smallest absolute Gasteiger partial charge is 0.331 e. The van der Waals surface area contributed by atoms with Crippen LogP contribution in [0, 0.1) is 0 Å². The van der Waals surface area contributed by atoms with Crippen molar-refractivity contribution in [3.8, 4) is 0 Å². The average Bonchev–Trinajstić information content (AvgIpc) is 2.49. The van der Waals surface area contributed by atoms with Gasteiger partial charge in [-0.2, -0.15) is 0 Å². The summed E-state index contributed by atoms with van der Waals surface area (Å²) in [6.07, 6.45) is 4.90. The highest BCUT2D eigenvalue weighted by Crippen LogP contribution is 2.07. The monoisotopic (exact) mass is 193 g/mol. The molecule has 1 aromatic heterocycles. The number of aromatic nitrogens is 1. The Morgan fingerprint density at radius 2 is 2.21 bits per heavy atom. The summed E-state index contributed by atoms with van der Waals surface area (Å²) >= 11 is 0. The molecule has 1 heterocycles. The van der Waals surface area contributed by atoms with E-state index < -0.39 is 5.60 Å². The van der Waals surface area contributed by atoms with Crippen LogP contribution in [0.3, 0.4) is 0 Å². The van der Waals surface area contributed by atoms with Gasteiger partial charge in [0.05, 0.1) is 0 Å². The first-order valence-corrected chi connectivity index (χ1v) is 4.52. The summed E-state index contributed by atoms with van der Waals surface area (Å²) in [6, 6.07) is 3.75. The van der Waals surface area contributed by atoms with Gasteiger partial charge in [0.2, 0.25) is 0 Å². The first kappa shape index (κ1) is 10.6. The molecule has 0 aliphatic heterocycles. The van der Waals surface area contributed by atoms with E-state index in [9.17, 15) is 4.79 Å². The van der Waals surface area contributed by atoms with Gasteiger partial charge in [0.15, 0.2) is 0 Å². The molecule has 0 amide bonds. The van der Waals surface area contributed by atoms with Crippen molar-refractivity contribution < 1.29 is 9.53 Å². The minimum Gasteiger partial charge on any atom is -0.457 e. The Bertz CT molecular complexity index is 318. The van der Waals surface area contributed by atoms with Gasteiger partial charge in [-0.1, -0.05) is 0 Å². The lowest BCUT2D eigenvalue weighted by Gasteiger charge is -2.17. The standard InChI is InChI=1S/C11H15NO2/c1-11(2,3)14-10(13)7-6-9-5-4-8-12-9/h4-8,12H,1-3H3/b7-6-. The number of carbonyl (C=O) groups excluding carboxylic acids is 1. The fourth-order valence-electron chi connectivity index (χ4n) is 0.942. The topological polar surface area (TPSA) is 42.1 Å². The molecule has 3 nitrogen and oxygen atoms in total. The Morgan fingerprint density at radius 1 is 1.50 bits per heavy atom. The van der Waals surface area contributed by atoms with Crippen LogP contribution in [0.2, 0.25) is 0 Å². The third-order valence-corrected chi connectivity index (χ3v) is 1.43. The highest BCUT2D eigenvalue weighted by molar-refractivity contribution is 5.86. The molecular formula is C11H15NO2. The largest absolute Gasteiger partial charge is 0.457 e. The van der Waals surface area contributed by atoms with Crippen molar-refractivity contribution in [1.82, 2.24) is 4.98 Å². The highest BCUT2D eigenvalue weighted by atomic mass is 16.6. The van der Waals surface area contributed by atoms with Crippen LogP contribution in [-0.4, -0.2) is 16.6 Å². The van der Waals surface area contributed by atoms with Crippen molar-refractivity contribution in [2.24, 2.45) is 0 Å². The molecule has 0 radical (unpaired) electrons. The number of rotatable bonds is 2. The van der Waals surface area contributed by atoms with E-state index >= 15 is 0 Å². The maximum Gasteiger partial charge on any atom is 0.331 e. The second kappa shape index (κ2) is 4.13. The van der Waals surface area contributed by atoms with E-state index in [-0.39, 0.29) is 5.97 Å². The maximum absolute atomic E-state index is 11.2. The first-order valence-electron chi connectivity index (χ1n) is 4.52. The molecule has 1 rings (SSSR count). The van der Waals surface area contributed by atoms with Gasteiger partial charge in [-0.05, 0) is 39.0 Å².